The van der Waals surface area contributed by atoms with Gasteiger partial charge in [-0.25, -0.2) is 0 Å². The van der Waals surface area contributed by atoms with E-state index >= 15 is 0 Å². The van der Waals surface area contributed by atoms with E-state index in [1.54, 1.807) is 0 Å². The highest BCUT2D eigenvalue weighted by Crippen LogP contribution is 2.13. The molecule has 3 heteroatoms. The average molecular weight is 233 g/mol. The Balaban J connectivity index is 2.13. The van der Waals surface area contributed by atoms with Crippen molar-refractivity contribution in [3.05, 3.63) is 35.4 Å². The molecule has 1 fully saturated rings. The summed E-state index contributed by atoms with van der Waals surface area (Å²) in [6.07, 6.45) is 3.05. The number of hydrazone groups is 1. The molecule has 1 saturated heterocycles. The van der Waals surface area contributed by atoms with Crippen molar-refractivity contribution in [2.45, 2.75) is 26.2 Å². The molecule has 16 heavy (non-hydrogen) atoms. The number of benzene rings is 1. The van der Waals surface area contributed by atoms with E-state index in [2.05, 4.69) is 49.8 Å². The molecule has 0 saturated carbocycles. The topological polar surface area (TPSA) is 15.0 Å². The Morgan fingerprint density at radius 3 is 2.50 bits per heavy atom. The highest BCUT2D eigenvalue weighted by molar-refractivity contribution is 7.80. The molecule has 0 unspecified atom stereocenters. The molecule has 0 spiro atoms. The number of thiocarbonyl (C=S) groups is 1. The Bertz CT molecular complexity index is 418. The monoisotopic (exact) mass is 233 g/mol. The molecular weight excluding hydrogens is 216 g/mol. The van der Waals surface area contributed by atoms with Gasteiger partial charge in [0.25, 0.3) is 0 Å². The van der Waals surface area contributed by atoms with E-state index in [0.717, 1.165) is 18.0 Å². The molecule has 0 atom stereocenters. The van der Waals surface area contributed by atoms with E-state index in [4.69, 9.17) is 12.2 Å². The van der Waals surface area contributed by atoms with Gasteiger partial charge in [-0.2, -0.15) is 5.43 Å². The van der Waals surface area contributed by atoms with Gasteiger partial charge in [0.1, 0.15) is 4.99 Å². The highest BCUT2D eigenvalue weighted by atomic mass is 32.1. The molecule has 0 aromatic heterocycles. The van der Waals surface area contributed by atoms with E-state index in [0.29, 0.717) is 5.92 Å². The minimum atomic E-state index is 0.589. The summed E-state index contributed by atoms with van der Waals surface area (Å²) in [7, 11) is 0. The Labute approximate surface area is 102 Å². The molecule has 0 bridgehead atoms. The lowest BCUT2D eigenvalue weighted by Crippen LogP contribution is -2.24. The average Bonchev–Trinajstić information content (AvgIpc) is 2.65. The van der Waals surface area contributed by atoms with Crippen LogP contribution in [0.3, 0.4) is 0 Å². The Hall–Kier alpha value is -1.22. The highest BCUT2D eigenvalue weighted by Gasteiger charge is 2.17. The summed E-state index contributed by atoms with van der Waals surface area (Å²) >= 11 is 5.09. The molecule has 0 amide bonds. The number of nitrogens with zero attached hydrogens (tertiary/aromatic N) is 1. The molecule has 1 aromatic rings. The molecule has 0 aliphatic carbocycles. The van der Waals surface area contributed by atoms with E-state index in [1.807, 2.05) is 4.68 Å². The molecule has 2 nitrogen and oxygen atoms in total. The zero-order chi connectivity index (χ0) is 11.5. The van der Waals surface area contributed by atoms with Crippen molar-refractivity contribution in [3.63, 3.8) is 0 Å². The number of nitrogens with one attached hydrogen (secondary N) is 1. The summed E-state index contributed by atoms with van der Waals surface area (Å²) in [6.45, 7) is 5.38. The van der Waals surface area contributed by atoms with Crippen LogP contribution in [0.25, 0.3) is 0 Å². The van der Waals surface area contributed by atoms with Gasteiger partial charge in [-0.3, -0.25) is 0 Å². The molecular formula is C13H17N2S+. The SMILES string of the molecule is CC(C)c1ccc(/C=[N+]2\CCC(=S)N2)cc1. The van der Waals surface area contributed by atoms with Crippen LogP contribution in [-0.2, 0) is 0 Å². The molecule has 1 aromatic carbocycles. The van der Waals surface area contributed by atoms with Gasteiger partial charge < -0.3 is 0 Å². The Morgan fingerprint density at radius 2 is 2.00 bits per heavy atom. The third-order valence-corrected chi connectivity index (χ3v) is 3.05. The van der Waals surface area contributed by atoms with E-state index < -0.39 is 0 Å². The van der Waals surface area contributed by atoms with Crippen LogP contribution in [0.2, 0.25) is 0 Å². The molecule has 0 radical (unpaired) electrons. The minimum absolute atomic E-state index is 0.589. The van der Waals surface area contributed by atoms with Crippen LogP contribution in [0, 0.1) is 0 Å². The molecule has 2 rings (SSSR count). The Kier molecular flexibility index (Phi) is 3.34. The van der Waals surface area contributed by atoms with Crippen molar-refractivity contribution in [2.24, 2.45) is 0 Å². The number of hydrogen-bond acceptors (Lipinski definition) is 1. The van der Waals surface area contributed by atoms with Crippen LogP contribution in [0.4, 0.5) is 0 Å². The van der Waals surface area contributed by atoms with Crippen LogP contribution in [-0.4, -0.2) is 22.4 Å². The second-order valence-corrected chi connectivity index (χ2v) is 4.92. The second kappa shape index (κ2) is 4.74. The molecule has 84 valence electrons. The van der Waals surface area contributed by atoms with Crippen molar-refractivity contribution in [2.75, 3.05) is 6.54 Å². The fourth-order valence-corrected chi connectivity index (χ4v) is 1.95. The molecule has 1 aliphatic rings. The maximum Gasteiger partial charge on any atom is 0.200 e. The van der Waals surface area contributed by atoms with Crippen molar-refractivity contribution in [1.82, 2.24) is 5.43 Å². The molecule has 1 heterocycles. The largest absolute Gasteiger partial charge is 0.200 e. The smallest absolute Gasteiger partial charge is 0.159 e. The van der Waals surface area contributed by atoms with Crippen LogP contribution in [0.1, 0.15) is 37.3 Å². The van der Waals surface area contributed by atoms with E-state index in [1.165, 1.54) is 11.1 Å². The summed E-state index contributed by atoms with van der Waals surface area (Å²) in [5.74, 6) is 0.589. The van der Waals surface area contributed by atoms with Gasteiger partial charge in [-0.1, -0.05) is 38.2 Å². The maximum atomic E-state index is 5.09. The lowest BCUT2D eigenvalue weighted by molar-refractivity contribution is -0.551. The van der Waals surface area contributed by atoms with Gasteiger partial charge in [0.2, 0.25) is 6.21 Å². The van der Waals surface area contributed by atoms with Crippen molar-refractivity contribution in [3.8, 4) is 0 Å². The fourth-order valence-electron chi connectivity index (χ4n) is 1.74. The summed E-state index contributed by atoms with van der Waals surface area (Å²) in [4.78, 5) is 0.926. The van der Waals surface area contributed by atoms with Gasteiger partial charge >= 0.3 is 0 Å². The van der Waals surface area contributed by atoms with Gasteiger partial charge in [0.15, 0.2) is 6.54 Å². The molecule has 1 aliphatic heterocycles. The lowest BCUT2D eigenvalue weighted by Gasteiger charge is -2.03. The summed E-state index contributed by atoms with van der Waals surface area (Å²) < 4.78 is 2.05. The van der Waals surface area contributed by atoms with Crippen LogP contribution in [0.5, 0.6) is 0 Å². The van der Waals surface area contributed by atoms with Gasteiger partial charge in [0, 0.05) is 5.56 Å². The fraction of sp³-hybridized carbons (Fsp3) is 0.385. The first-order valence-electron chi connectivity index (χ1n) is 5.66. The van der Waals surface area contributed by atoms with Crippen molar-refractivity contribution < 1.29 is 4.68 Å². The van der Waals surface area contributed by atoms with Crippen LogP contribution in [0.15, 0.2) is 24.3 Å². The van der Waals surface area contributed by atoms with Crippen molar-refractivity contribution >= 4 is 23.4 Å². The summed E-state index contributed by atoms with van der Waals surface area (Å²) in [5.41, 5.74) is 5.74. The van der Waals surface area contributed by atoms with Gasteiger partial charge in [0.05, 0.1) is 6.42 Å². The predicted molar refractivity (Wildman–Crippen MR) is 71.2 cm³/mol. The van der Waals surface area contributed by atoms with Crippen LogP contribution >= 0.6 is 12.2 Å². The number of hydrazine groups is 1. The first-order valence-corrected chi connectivity index (χ1v) is 6.07. The Morgan fingerprint density at radius 1 is 1.31 bits per heavy atom. The second-order valence-electron chi connectivity index (χ2n) is 4.43. The predicted octanol–water partition coefficient (Wildman–Crippen LogP) is 2.48. The maximum absolute atomic E-state index is 5.09. The van der Waals surface area contributed by atoms with Gasteiger partial charge in [-0.05, 0) is 23.6 Å². The number of rotatable bonds is 2. The first kappa shape index (κ1) is 11.3. The molecule has 1 N–H and O–H groups in total. The third-order valence-electron chi connectivity index (χ3n) is 2.76. The zero-order valence-electron chi connectivity index (χ0n) is 9.73. The van der Waals surface area contributed by atoms with Gasteiger partial charge in [-0.15, -0.1) is 4.68 Å². The van der Waals surface area contributed by atoms with E-state index in [9.17, 15) is 0 Å². The quantitative estimate of drug-likeness (QED) is 0.623. The lowest BCUT2D eigenvalue weighted by atomic mass is 10.0. The summed E-state index contributed by atoms with van der Waals surface area (Å²) in [6, 6.07) is 8.67. The first-order chi connectivity index (χ1) is 7.65. The van der Waals surface area contributed by atoms with Crippen molar-refractivity contribution in [1.29, 1.82) is 0 Å². The minimum Gasteiger partial charge on any atom is -0.159 e. The normalized spacial score (nSPS) is 18.2. The van der Waals surface area contributed by atoms with E-state index in [-0.39, 0.29) is 0 Å². The summed E-state index contributed by atoms with van der Waals surface area (Å²) in [5, 5.41) is 0. The zero-order valence-corrected chi connectivity index (χ0v) is 10.6. The third kappa shape index (κ3) is 2.67. The van der Waals surface area contributed by atoms with Crippen LogP contribution < -0.4 is 5.43 Å². The standard InChI is InChI=1S/C13H16N2S/c1-10(2)12-5-3-11(4-6-12)9-15-8-7-13(16)14-15/h3-6,9-10H,7-8H2,1-2H3/p+1/b15-9+. The number of hydrogen-bond donors (Lipinski definition) is 1.